The van der Waals surface area contributed by atoms with Crippen molar-refractivity contribution in [3.8, 4) is 17.3 Å². The number of halogens is 2. The van der Waals surface area contributed by atoms with Crippen LogP contribution in [0.4, 0.5) is 5.13 Å². The van der Waals surface area contributed by atoms with Gasteiger partial charge in [-0.1, -0.05) is 30.1 Å². The van der Waals surface area contributed by atoms with Gasteiger partial charge in [-0.25, -0.2) is 9.97 Å². The number of hydrogen-bond acceptors (Lipinski definition) is 6. The molecule has 0 bridgehead atoms. The summed E-state index contributed by atoms with van der Waals surface area (Å²) in [6.45, 7) is 2.23. The van der Waals surface area contributed by atoms with Crippen molar-refractivity contribution in [3.05, 3.63) is 56.5 Å². The number of nitrogens with zero attached hydrogens (tertiary/aromatic N) is 3. The standard InChI is InChI=1S/C23H20Cl2N4OS2/c1-13-2-5-19-14(8-13)9-15(11-26)22(27-19)31-7-6-21(30)29-23-28-20(12-32-23)17-4-3-16(24)10-18(17)25/h3-4,9-10,12-13H,2,5-8H2,1H3,(H,28,29,30). The Balaban J connectivity index is 1.34. The summed E-state index contributed by atoms with van der Waals surface area (Å²) in [6, 6.07) is 9.45. The maximum Gasteiger partial charge on any atom is 0.226 e. The molecule has 164 valence electrons. The van der Waals surface area contributed by atoms with Gasteiger partial charge in [-0.3, -0.25) is 4.79 Å². The van der Waals surface area contributed by atoms with Gasteiger partial charge >= 0.3 is 0 Å². The van der Waals surface area contributed by atoms with E-state index in [1.165, 1.54) is 28.7 Å². The first-order valence-electron chi connectivity index (χ1n) is 10.2. The molecule has 9 heteroatoms. The summed E-state index contributed by atoms with van der Waals surface area (Å²) in [5, 5.41) is 16.5. The molecule has 0 radical (unpaired) electrons. The number of amides is 1. The maximum absolute atomic E-state index is 12.4. The van der Waals surface area contributed by atoms with E-state index >= 15 is 0 Å². The number of benzene rings is 1. The van der Waals surface area contributed by atoms with Crippen LogP contribution < -0.4 is 5.32 Å². The number of thiazole rings is 1. The SMILES string of the molecule is CC1CCc2nc(SCCC(=O)Nc3nc(-c4ccc(Cl)cc4Cl)cs3)c(C#N)cc2C1. The van der Waals surface area contributed by atoms with Crippen molar-refractivity contribution in [3.63, 3.8) is 0 Å². The van der Waals surface area contributed by atoms with Crippen LogP contribution in [0.5, 0.6) is 0 Å². The molecule has 3 aromatic rings. The Morgan fingerprint density at radius 3 is 2.97 bits per heavy atom. The van der Waals surface area contributed by atoms with Crippen LogP contribution >= 0.6 is 46.3 Å². The molecule has 1 aromatic carbocycles. The lowest BCUT2D eigenvalue weighted by Gasteiger charge is -2.21. The van der Waals surface area contributed by atoms with E-state index < -0.39 is 0 Å². The van der Waals surface area contributed by atoms with E-state index in [1.54, 1.807) is 18.2 Å². The Morgan fingerprint density at radius 2 is 2.19 bits per heavy atom. The van der Waals surface area contributed by atoms with E-state index in [9.17, 15) is 10.1 Å². The smallest absolute Gasteiger partial charge is 0.226 e. The number of fused-ring (bicyclic) bond motifs is 1. The number of thioether (sulfide) groups is 1. The number of aromatic nitrogens is 2. The summed E-state index contributed by atoms with van der Waals surface area (Å²) in [5.74, 6) is 1.02. The quantitative estimate of drug-likeness (QED) is 0.382. The van der Waals surface area contributed by atoms with E-state index in [4.69, 9.17) is 28.2 Å². The number of pyridine rings is 1. The fraction of sp³-hybridized carbons (Fsp3) is 0.304. The normalized spacial score (nSPS) is 15.1. The lowest BCUT2D eigenvalue weighted by atomic mass is 9.87. The zero-order valence-corrected chi connectivity index (χ0v) is 20.5. The molecule has 0 spiro atoms. The molecule has 0 saturated heterocycles. The van der Waals surface area contributed by atoms with Crippen LogP contribution in [0.25, 0.3) is 11.3 Å². The van der Waals surface area contributed by atoms with Crippen LogP contribution in [-0.2, 0) is 17.6 Å². The zero-order valence-electron chi connectivity index (χ0n) is 17.3. The van der Waals surface area contributed by atoms with Gasteiger partial charge < -0.3 is 5.32 Å². The molecule has 0 fully saturated rings. The average Bonchev–Trinajstić information content (AvgIpc) is 3.21. The predicted octanol–water partition coefficient (Wildman–Crippen LogP) is 6.63. The van der Waals surface area contributed by atoms with Gasteiger partial charge in [0.25, 0.3) is 0 Å². The topological polar surface area (TPSA) is 78.7 Å². The summed E-state index contributed by atoms with van der Waals surface area (Å²) in [6.07, 6.45) is 3.33. The number of hydrogen-bond donors (Lipinski definition) is 1. The van der Waals surface area contributed by atoms with Crippen LogP contribution in [0.1, 0.15) is 36.6 Å². The average molecular weight is 503 g/mol. The second kappa shape index (κ2) is 10.2. The first-order chi connectivity index (χ1) is 15.4. The molecule has 2 heterocycles. The number of anilines is 1. The minimum Gasteiger partial charge on any atom is -0.302 e. The largest absolute Gasteiger partial charge is 0.302 e. The second-order valence-electron chi connectivity index (χ2n) is 7.72. The highest BCUT2D eigenvalue weighted by atomic mass is 35.5. The van der Waals surface area contributed by atoms with Gasteiger partial charge in [-0.15, -0.1) is 23.1 Å². The molecule has 1 amide bonds. The van der Waals surface area contributed by atoms with Gasteiger partial charge in [-0.2, -0.15) is 5.26 Å². The number of aryl methyl sites for hydroxylation is 1. The highest BCUT2D eigenvalue weighted by Gasteiger charge is 2.19. The van der Waals surface area contributed by atoms with Crippen molar-refractivity contribution < 1.29 is 4.79 Å². The third-order valence-electron chi connectivity index (χ3n) is 5.24. The minimum absolute atomic E-state index is 0.133. The fourth-order valence-electron chi connectivity index (χ4n) is 3.59. The minimum atomic E-state index is -0.133. The number of nitrogens with one attached hydrogen (secondary N) is 1. The highest BCUT2D eigenvalue weighted by molar-refractivity contribution is 7.99. The first-order valence-corrected chi connectivity index (χ1v) is 12.8. The lowest BCUT2D eigenvalue weighted by Crippen LogP contribution is -2.14. The fourth-order valence-corrected chi connectivity index (χ4v) is 5.74. The van der Waals surface area contributed by atoms with E-state index in [-0.39, 0.29) is 5.91 Å². The number of nitriles is 1. The number of carbonyl (C=O) groups is 1. The predicted molar refractivity (Wildman–Crippen MR) is 132 cm³/mol. The molecule has 1 atom stereocenters. The summed E-state index contributed by atoms with van der Waals surface area (Å²) >= 11 is 15.0. The Kier molecular flexibility index (Phi) is 7.37. The van der Waals surface area contributed by atoms with Crippen LogP contribution in [0.2, 0.25) is 10.0 Å². The summed E-state index contributed by atoms with van der Waals surface area (Å²) in [7, 11) is 0. The van der Waals surface area contributed by atoms with Gasteiger partial charge in [0.1, 0.15) is 11.1 Å². The van der Waals surface area contributed by atoms with E-state index in [0.29, 0.717) is 49.6 Å². The maximum atomic E-state index is 12.4. The molecule has 1 aliphatic carbocycles. The molecule has 1 aliphatic rings. The van der Waals surface area contributed by atoms with Crippen molar-refractivity contribution in [1.29, 1.82) is 5.26 Å². The Morgan fingerprint density at radius 1 is 1.34 bits per heavy atom. The third-order valence-corrected chi connectivity index (χ3v) is 7.54. The molecule has 0 saturated carbocycles. The Bertz CT molecular complexity index is 1210. The molecule has 1 unspecified atom stereocenters. The van der Waals surface area contributed by atoms with Crippen molar-refractivity contribution in [1.82, 2.24) is 9.97 Å². The van der Waals surface area contributed by atoms with Crippen molar-refractivity contribution >= 4 is 57.3 Å². The molecular weight excluding hydrogens is 483 g/mol. The molecule has 0 aliphatic heterocycles. The third kappa shape index (κ3) is 5.44. The molecule has 32 heavy (non-hydrogen) atoms. The van der Waals surface area contributed by atoms with Gasteiger partial charge in [-0.05, 0) is 55.0 Å². The van der Waals surface area contributed by atoms with Crippen molar-refractivity contribution in [2.24, 2.45) is 5.92 Å². The van der Waals surface area contributed by atoms with Crippen LogP contribution in [-0.4, -0.2) is 21.6 Å². The van der Waals surface area contributed by atoms with E-state index in [2.05, 4.69) is 23.3 Å². The molecule has 2 aromatic heterocycles. The second-order valence-corrected chi connectivity index (χ2v) is 10.5. The molecular formula is C23H20Cl2N4OS2. The highest BCUT2D eigenvalue weighted by Crippen LogP contribution is 2.33. The van der Waals surface area contributed by atoms with Crippen LogP contribution in [0.3, 0.4) is 0 Å². The van der Waals surface area contributed by atoms with Crippen molar-refractivity contribution in [2.45, 2.75) is 37.6 Å². The van der Waals surface area contributed by atoms with Gasteiger partial charge in [0.2, 0.25) is 5.91 Å². The lowest BCUT2D eigenvalue weighted by molar-refractivity contribution is -0.115. The summed E-state index contributed by atoms with van der Waals surface area (Å²) < 4.78 is 0. The number of carbonyl (C=O) groups excluding carboxylic acids is 1. The first kappa shape index (κ1) is 23.1. The van der Waals surface area contributed by atoms with Gasteiger partial charge in [0, 0.05) is 33.8 Å². The molecule has 1 N–H and O–H groups in total. The zero-order chi connectivity index (χ0) is 22.7. The summed E-state index contributed by atoms with van der Waals surface area (Å²) in [4.78, 5) is 21.6. The molecule has 4 rings (SSSR count). The van der Waals surface area contributed by atoms with E-state index in [0.717, 1.165) is 30.5 Å². The van der Waals surface area contributed by atoms with Gasteiger partial charge in [0.15, 0.2) is 5.13 Å². The Labute approximate surface area is 205 Å². The van der Waals surface area contributed by atoms with Gasteiger partial charge in [0.05, 0.1) is 16.3 Å². The van der Waals surface area contributed by atoms with Crippen LogP contribution in [0.15, 0.2) is 34.7 Å². The molecule has 5 nitrogen and oxygen atoms in total. The van der Waals surface area contributed by atoms with E-state index in [1.807, 2.05) is 11.4 Å². The number of rotatable bonds is 6. The summed E-state index contributed by atoms with van der Waals surface area (Å²) in [5.41, 5.74) is 4.31. The Hall–Kier alpha value is -2.11. The monoisotopic (exact) mass is 502 g/mol. The van der Waals surface area contributed by atoms with Crippen LogP contribution in [0, 0.1) is 17.2 Å². The van der Waals surface area contributed by atoms with Crippen molar-refractivity contribution in [2.75, 3.05) is 11.1 Å².